The summed E-state index contributed by atoms with van der Waals surface area (Å²) >= 11 is 0. The molecule has 0 aromatic heterocycles. The molecule has 6 heteroatoms. The van der Waals surface area contributed by atoms with E-state index in [0.29, 0.717) is 42.6 Å². The number of allylic oxidation sites excluding steroid dienone is 3. The zero-order chi connectivity index (χ0) is 24.7. The molecule has 3 aliphatic carbocycles. The van der Waals surface area contributed by atoms with Gasteiger partial charge in [0.05, 0.1) is 12.2 Å². The van der Waals surface area contributed by atoms with Crippen molar-refractivity contribution in [2.24, 2.45) is 23.2 Å². The second-order valence-corrected chi connectivity index (χ2v) is 11.9. The van der Waals surface area contributed by atoms with Gasteiger partial charge in [0.25, 0.3) is 6.43 Å². The first kappa shape index (κ1) is 26.0. The summed E-state index contributed by atoms with van der Waals surface area (Å²) in [6.45, 7) is 10.1. The predicted molar refractivity (Wildman–Crippen MR) is 131 cm³/mol. The van der Waals surface area contributed by atoms with Gasteiger partial charge in [0.15, 0.2) is 0 Å². The monoisotopic (exact) mass is 479 g/mol. The molecular formula is C28H43F2NO3. The van der Waals surface area contributed by atoms with Crippen LogP contribution in [0.2, 0.25) is 0 Å². The molecule has 1 aliphatic heterocycles. The quantitative estimate of drug-likeness (QED) is 0.493. The zero-order valence-corrected chi connectivity index (χ0v) is 20.9. The van der Waals surface area contributed by atoms with Gasteiger partial charge in [-0.15, -0.1) is 0 Å². The molecule has 4 aliphatic rings. The normalized spacial score (nSPS) is 41.7. The Morgan fingerprint density at radius 2 is 1.82 bits per heavy atom. The summed E-state index contributed by atoms with van der Waals surface area (Å²) in [7, 11) is 0. The molecule has 7 atom stereocenters. The summed E-state index contributed by atoms with van der Waals surface area (Å²) in [6, 6.07) is 0. The highest BCUT2D eigenvalue weighted by atomic mass is 19.3. The highest BCUT2D eigenvalue weighted by Gasteiger charge is 2.51. The third kappa shape index (κ3) is 5.07. The molecule has 192 valence electrons. The average Bonchev–Trinajstić information content (AvgIpc) is 3.13. The molecule has 0 bridgehead atoms. The SMILES string of the molecule is C=C1[C@H](O)CC(=CC=C2CCC[C@]3(C)[C@@H]([C@H](C)CN4CCCC(O)(C(F)F)C4)CC[C@@H]23)C[C@H]1O. The lowest BCUT2D eigenvalue weighted by Crippen LogP contribution is -2.54. The molecule has 4 nitrogen and oxygen atoms in total. The number of piperidine rings is 1. The Bertz CT molecular complexity index is 810. The van der Waals surface area contributed by atoms with E-state index >= 15 is 0 Å². The molecular weight excluding hydrogens is 436 g/mol. The van der Waals surface area contributed by atoms with Gasteiger partial charge >= 0.3 is 0 Å². The largest absolute Gasteiger partial charge is 0.388 e. The van der Waals surface area contributed by atoms with Crippen LogP contribution in [-0.2, 0) is 0 Å². The van der Waals surface area contributed by atoms with Crippen molar-refractivity contribution in [1.29, 1.82) is 0 Å². The topological polar surface area (TPSA) is 63.9 Å². The fourth-order valence-electron chi connectivity index (χ4n) is 7.66. The van der Waals surface area contributed by atoms with Crippen molar-refractivity contribution >= 4 is 0 Å². The minimum atomic E-state index is -2.69. The highest BCUT2D eigenvalue weighted by molar-refractivity contribution is 5.29. The Morgan fingerprint density at radius 3 is 2.50 bits per heavy atom. The number of alkyl halides is 2. The van der Waals surface area contributed by atoms with Crippen molar-refractivity contribution in [2.45, 2.75) is 95.9 Å². The average molecular weight is 480 g/mol. The third-order valence-corrected chi connectivity index (χ3v) is 9.56. The Hall–Kier alpha value is -1.08. The summed E-state index contributed by atoms with van der Waals surface area (Å²) < 4.78 is 26.8. The van der Waals surface area contributed by atoms with Gasteiger partial charge in [-0.3, -0.25) is 4.90 Å². The Morgan fingerprint density at radius 1 is 1.12 bits per heavy atom. The van der Waals surface area contributed by atoms with Crippen LogP contribution < -0.4 is 0 Å². The van der Waals surface area contributed by atoms with Gasteiger partial charge < -0.3 is 15.3 Å². The summed E-state index contributed by atoms with van der Waals surface area (Å²) in [5, 5.41) is 30.7. The van der Waals surface area contributed by atoms with E-state index in [1.165, 1.54) is 12.0 Å². The molecule has 1 unspecified atom stereocenters. The smallest absolute Gasteiger partial charge is 0.268 e. The van der Waals surface area contributed by atoms with Gasteiger partial charge in [-0.05, 0) is 93.1 Å². The maximum atomic E-state index is 13.4. The van der Waals surface area contributed by atoms with E-state index in [4.69, 9.17) is 0 Å². The molecule has 3 N–H and O–H groups in total. The summed E-state index contributed by atoms with van der Waals surface area (Å²) in [5.74, 6) is 1.46. The van der Waals surface area contributed by atoms with E-state index in [9.17, 15) is 24.1 Å². The van der Waals surface area contributed by atoms with Crippen molar-refractivity contribution in [3.63, 3.8) is 0 Å². The number of nitrogens with zero attached hydrogens (tertiary/aromatic N) is 1. The number of halogens is 2. The van der Waals surface area contributed by atoms with Crippen molar-refractivity contribution in [3.05, 3.63) is 35.5 Å². The molecule has 0 amide bonds. The Balaban J connectivity index is 1.43. The van der Waals surface area contributed by atoms with E-state index in [2.05, 4.69) is 37.5 Å². The molecule has 1 saturated heterocycles. The lowest BCUT2D eigenvalue weighted by Gasteiger charge is -2.46. The third-order valence-electron chi connectivity index (χ3n) is 9.56. The number of hydrogen-bond donors (Lipinski definition) is 3. The lowest BCUT2D eigenvalue weighted by atomic mass is 9.61. The second-order valence-electron chi connectivity index (χ2n) is 11.9. The van der Waals surface area contributed by atoms with Crippen LogP contribution in [0.1, 0.15) is 71.6 Å². The van der Waals surface area contributed by atoms with Gasteiger partial charge in [-0.2, -0.15) is 0 Å². The van der Waals surface area contributed by atoms with Gasteiger partial charge in [0, 0.05) is 13.1 Å². The molecule has 0 aromatic rings. The van der Waals surface area contributed by atoms with Crippen LogP contribution in [0.5, 0.6) is 0 Å². The summed E-state index contributed by atoms with van der Waals surface area (Å²) in [5.41, 5.74) is 1.42. The lowest BCUT2D eigenvalue weighted by molar-refractivity contribution is -0.133. The number of rotatable bonds is 5. The van der Waals surface area contributed by atoms with Crippen LogP contribution in [0.25, 0.3) is 0 Å². The number of aliphatic hydroxyl groups is 3. The minimum absolute atomic E-state index is 0.0741. The number of aliphatic hydroxyl groups excluding tert-OH is 2. The van der Waals surface area contributed by atoms with E-state index in [-0.39, 0.29) is 18.4 Å². The van der Waals surface area contributed by atoms with E-state index in [1.54, 1.807) is 0 Å². The van der Waals surface area contributed by atoms with E-state index < -0.39 is 24.2 Å². The standard InChI is InChI=1S/C28H43F2NO3/c1-18(16-31-13-5-12-28(34,17-31)26(29)30)22-9-10-23-21(6-4-11-27(22,23)3)8-7-20-14-24(32)19(2)25(33)15-20/h7-8,18,22-26,32-34H,2,4-6,9-17H2,1,3H3/t18-,22-,23+,24-,25-,27-,28?/m1/s1. The molecule has 3 saturated carbocycles. The van der Waals surface area contributed by atoms with E-state index in [1.807, 2.05) is 0 Å². The van der Waals surface area contributed by atoms with Crippen LogP contribution in [-0.4, -0.2) is 64.1 Å². The summed E-state index contributed by atoms with van der Waals surface area (Å²) in [4.78, 5) is 2.06. The molecule has 0 radical (unpaired) electrons. The van der Waals surface area contributed by atoms with Crippen molar-refractivity contribution in [1.82, 2.24) is 4.90 Å². The van der Waals surface area contributed by atoms with E-state index in [0.717, 1.165) is 44.3 Å². The fourth-order valence-corrected chi connectivity index (χ4v) is 7.66. The summed E-state index contributed by atoms with van der Waals surface area (Å²) in [6.07, 6.45) is 8.00. The zero-order valence-electron chi connectivity index (χ0n) is 20.9. The number of hydrogen-bond acceptors (Lipinski definition) is 4. The first-order valence-electron chi connectivity index (χ1n) is 13.2. The van der Waals surface area contributed by atoms with Crippen LogP contribution in [0.3, 0.4) is 0 Å². The Labute approximate surface area is 203 Å². The minimum Gasteiger partial charge on any atom is -0.388 e. The maximum Gasteiger partial charge on any atom is 0.268 e. The van der Waals surface area contributed by atoms with Crippen LogP contribution in [0.4, 0.5) is 8.78 Å². The molecule has 34 heavy (non-hydrogen) atoms. The number of likely N-dealkylation sites (tertiary alicyclic amines) is 1. The van der Waals surface area contributed by atoms with Gasteiger partial charge in [0.2, 0.25) is 0 Å². The highest BCUT2D eigenvalue weighted by Crippen LogP contribution is 2.59. The molecule has 0 aromatic carbocycles. The van der Waals surface area contributed by atoms with Crippen LogP contribution in [0, 0.1) is 23.2 Å². The van der Waals surface area contributed by atoms with Gasteiger partial charge in [0.1, 0.15) is 5.60 Å². The molecule has 0 spiro atoms. The van der Waals surface area contributed by atoms with Crippen molar-refractivity contribution in [3.8, 4) is 0 Å². The molecule has 4 fully saturated rings. The molecule has 4 rings (SSSR count). The first-order valence-corrected chi connectivity index (χ1v) is 13.2. The second kappa shape index (κ2) is 10.1. The Kier molecular flexibility index (Phi) is 7.74. The first-order chi connectivity index (χ1) is 16.0. The fraction of sp³-hybridized carbons (Fsp3) is 0.786. The van der Waals surface area contributed by atoms with Crippen molar-refractivity contribution < 1.29 is 24.1 Å². The predicted octanol–water partition coefficient (Wildman–Crippen LogP) is 4.86. The molecule has 1 heterocycles. The maximum absolute atomic E-state index is 13.4. The number of fused-ring (bicyclic) bond motifs is 1. The van der Waals surface area contributed by atoms with Gasteiger partial charge in [-0.1, -0.05) is 43.7 Å². The van der Waals surface area contributed by atoms with Crippen LogP contribution in [0.15, 0.2) is 35.5 Å². The van der Waals surface area contributed by atoms with Crippen LogP contribution >= 0.6 is 0 Å². The van der Waals surface area contributed by atoms with Gasteiger partial charge in [-0.25, -0.2) is 8.78 Å². The van der Waals surface area contributed by atoms with Crippen molar-refractivity contribution in [2.75, 3.05) is 19.6 Å². The number of β-amino-alcohol motifs (C(OH)–C–C–N with tert-alkyl or cyclic N) is 1.